The smallest absolute Gasteiger partial charge is 0.416 e. The minimum atomic E-state index is -4.42. The van der Waals surface area contributed by atoms with E-state index >= 15 is 0 Å². The van der Waals surface area contributed by atoms with Crippen molar-refractivity contribution >= 4 is 34.8 Å². The molecule has 0 spiro atoms. The van der Waals surface area contributed by atoms with E-state index < -0.39 is 11.7 Å². The number of methoxy groups -OCH3 is 1. The van der Waals surface area contributed by atoms with Crippen LogP contribution in [0.25, 0.3) is 11.6 Å². The molecule has 0 aromatic heterocycles. The maximum Gasteiger partial charge on any atom is 0.416 e. The molecule has 1 aliphatic rings. The van der Waals surface area contributed by atoms with E-state index in [0.717, 1.165) is 12.1 Å². The van der Waals surface area contributed by atoms with Crippen molar-refractivity contribution in [3.05, 3.63) is 87.9 Å². The van der Waals surface area contributed by atoms with Crippen molar-refractivity contribution in [3.8, 4) is 11.5 Å². The largest absolute Gasteiger partial charge is 0.493 e. The molecule has 0 radical (unpaired) electrons. The zero-order chi connectivity index (χ0) is 22.9. The molecule has 0 atom stereocenters. The zero-order valence-electron chi connectivity index (χ0n) is 16.8. The van der Waals surface area contributed by atoms with Gasteiger partial charge in [0.25, 0.3) is 5.91 Å². The number of hydrogen-bond donors (Lipinski definition) is 1. The Morgan fingerprint density at radius 2 is 1.84 bits per heavy atom. The summed E-state index contributed by atoms with van der Waals surface area (Å²) in [7, 11) is 1.46. The molecule has 0 fully saturated rings. The molecular weight excluding hydrogens is 443 g/mol. The summed E-state index contributed by atoms with van der Waals surface area (Å²) in [4.78, 5) is 12.4. The number of carbonyl (C=O) groups is 1. The van der Waals surface area contributed by atoms with Gasteiger partial charge in [0, 0.05) is 21.8 Å². The molecule has 0 unspecified atom stereocenters. The number of amides is 1. The molecule has 32 heavy (non-hydrogen) atoms. The zero-order valence-corrected chi connectivity index (χ0v) is 17.6. The first-order chi connectivity index (χ1) is 15.2. The predicted octanol–water partition coefficient (Wildman–Crippen LogP) is 6.44. The highest BCUT2D eigenvalue weighted by atomic mass is 35.5. The van der Waals surface area contributed by atoms with E-state index in [1.807, 2.05) is 0 Å². The van der Waals surface area contributed by atoms with Gasteiger partial charge < -0.3 is 14.8 Å². The summed E-state index contributed by atoms with van der Waals surface area (Å²) in [5, 5.41) is 3.30. The van der Waals surface area contributed by atoms with Crippen LogP contribution in [-0.2, 0) is 17.6 Å². The Bertz CT molecular complexity index is 1220. The second-order valence-corrected chi connectivity index (χ2v) is 7.54. The average molecular weight is 460 g/mol. The van der Waals surface area contributed by atoms with Crippen LogP contribution < -0.4 is 14.8 Å². The molecule has 4 rings (SSSR count). The number of nitrogens with one attached hydrogen (secondary N) is 1. The summed E-state index contributed by atoms with van der Waals surface area (Å²) in [6.07, 6.45) is -2.71. The number of alkyl halides is 3. The van der Waals surface area contributed by atoms with E-state index in [-0.39, 0.29) is 12.5 Å². The SMILES string of the molecule is COc1cc(C=C2C(=O)Nc3ccc(Cl)cc32)ccc1OCc1cccc(C(F)(F)F)c1. The fourth-order valence-electron chi connectivity index (χ4n) is 3.36. The first kappa shape index (κ1) is 21.8. The Labute approximate surface area is 187 Å². The summed E-state index contributed by atoms with van der Waals surface area (Å²) >= 11 is 6.06. The highest BCUT2D eigenvalue weighted by Crippen LogP contribution is 2.36. The number of halogens is 4. The van der Waals surface area contributed by atoms with E-state index in [9.17, 15) is 18.0 Å². The van der Waals surface area contributed by atoms with Crippen LogP contribution in [0.3, 0.4) is 0 Å². The first-order valence-corrected chi connectivity index (χ1v) is 9.92. The van der Waals surface area contributed by atoms with Gasteiger partial charge in [-0.05, 0) is 59.7 Å². The minimum absolute atomic E-state index is 0.0605. The molecule has 0 bridgehead atoms. The van der Waals surface area contributed by atoms with Gasteiger partial charge in [0.1, 0.15) is 6.61 Å². The fourth-order valence-corrected chi connectivity index (χ4v) is 3.53. The van der Waals surface area contributed by atoms with Gasteiger partial charge in [0.05, 0.1) is 12.7 Å². The predicted molar refractivity (Wildman–Crippen MR) is 117 cm³/mol. The van der Waals surface area contributed by atoms with Crippen LogP contribution in [0.4, 0.5) is 18.9 Å². The molecule has 1 amide bonds. The van der Waals surface area contributed by atoms with Crippen molar-refractivity contribution in [3.63, 3.8) is 0 Å². The van der Waals surface area contributed by atoms with Crippen LogP contribution in [0.5, 0.6) is 11.5 Å². The quantitative estimate of drug-likeness (QED) is 0.447. The lowest BCUT2D eigenvalue weighted by molar-refractivity contribution is -0.137. The topological polar surface area (TPSA) is 47.6 Å². The van der Waals surface area contributed by atoms with Crippen LogP contribution >= 0.6 is 11.6 Å². The number of benzene rings is 3. The second-order valence-electron chi connectivity index (χ2n) is 7.10. The van der Waals surface area contributed by atoms with Gasteiger partial charge in [0.15, 0.2) is 11.5 Å². The van der Waals surface area contributed by atoms with Gasteiger partial charge in [-0.3, -0.25) is 4.79 Å². The Kier molecular flexibility index (Phi) is 5.84. The van der Waals surface area contributed by atoms with E-state index in [0.29, 0.717) is 44.5 Å². The summed E-state index contributed by atoms with van der Waals surface area (Å²) in [6, 6.07) is 15.2. The fraction of sp³-hybridized carbons (Fsp3) is 0.125. The summed E-state index contributed by atoms with van der Waals surface area (Å²) in [6.45, 7) is -0.0605. The molecule has 4 nitrogen and oxygen atoms in total. The van der Waals surface area contributed by atoms with E-state index in [1.165, 1.54) is 13.2 Å². The number of rotatable bonds is 5. The van der Waals surface area contributed by atoms with Crippen molar-refractivity contribution in [2.75, 3.05) is 12.4 Å². The molecule has 0 aliphatic carbocycles. The number of fused-ring (bicyclic) bond motifs is 1. The van der Waals surface area contributed by atoms with Crippen LogP contribution in [0, 0.1) is 0 Å². The first-order valence-electron chi connectivity index (χ1n) is 9.54. The summed E-state index contributed by atoms with van der Waals surface area (Å²) in [5.41, 5.74) is 2.17. The van der Waals surface area contributed by atoms with E-state index in [4.69, 9.17) is 21.1 Å². The van der Waals surface area contributed by atoms with Gasteiger partial charge in [-0.1, -0.05) is 29.8 Å². The van der Waals surface area contributed by atoms with Crippen LogP contribution in [0.15, 0.2) is 60.7 Å². The Hall–Kier alpha value is -3.45. The lowest BCUT2D eigenvalue weighted by atomic mass is 10.0. The molecule has 3 aromatic carbocycles. The van der Waals surface area contributed by atoms with E-state index in [2.05, 4.69) is 5.32 Å². The number of anilines is 1. The van der Waals surface area contributed by atoms with Crippen molar-refractivity contribution in [1.82, 2.24) is 0 Å². The molecule has 1 N–H and O–H groups in total. The normalized spacial score (nSPS) is 14.3. The highest BCUT2D eigenvalue weighted by molar-refractivity contribution is 6.36. The standard InChI is InChI=1S/C24H17ClF3NO3/c1-31-22-11-14(10-19-18-12-17(25)6-7-20(18)29-23(19)30)5-8-21(22)32-13-15-3-2-4-16(9-15)24(26,27)28/h2-12H,13H2,1H3,(H,29,30). The number of ether oxygens (including phenoxy) is 2. The van der Waals surface area contributed by atoms with Crippen LogP contribution in [0.1, 0.15) is 22.3 Å². The Morgan fingerprint density at radius 1 is 1.03 bits per heavy atom. The molecule has 3 aromatic rings. The molecule has 1 aliphatic heterocycles. The van der Waals surface area contributed by atoms with Crippen molar-refractivity contribution < 1.29 is 27.4 Å². The van der Waals surface area contributed by atoms with E-state index in [1.54, 1.807) is 48.5 Å². The second kappa shape index (κ2) is 8.59. The van der Waals surface area contributed by atoms with Gasteiger partial charge in [-0.15, -0.1) is 0 Å². The minimum Gasteiger partial charge on any atom is -0.493 e. The van der Waals surface area contributed by atoms with Crippen molar-refractivity contribution in [1.29, 1.82) is 0 Å². The molecule has 1 heterocycles. The number of carbonyl (C=O) groups excluding carboxylic acids is 1. The number of hydrogen-bond acceptors (Lipinski definition) is 3. The highest BCUT2D eigenvalue weighted by Gasteiger charge is 2.30. The van der Waals surface area contributed by atoms with Crippen LogP contribution in [-0.4, -0.2) is 13.0 Å². The third-order valence-corrected chi connectivity index (χ3v) is 5.15. The van der Waals surface area contributed by atoms with Gasteiger partial charge in [0.2, 0.25) is 0 Å². The lowest BCUT2D eigenvalue weighted by Crippen LogP contribution is -2.06. The molecular formula is C24H17ClF3NO3. The van der Waals surface area contributed by atoms with Crippen molar-refractivity contribution in [2.24, 2.45) is 0 Å². The van der Waals surface area contributed by atoms with Gasteiger partial charge in [-0.25, -0.2) is 0 Å². The third kappa shape index (κ3) is 4.57. The van der Waals surface area contributed by atoms with Gasteiger partial charge in [-0.2, -0.15) is 13.2 Å². The maximum absolute atomic E-state index is 12.9. The lowest BCUT2D eigenvalue weighted by Gasteiger charge is -2.13. The van der Waals surface area contributed by atoms with Crippen molar-refractivity contribution in [2.45, 2.75) is 12.8 Å². The molecule has 0 saturated carbocycles. The summed E-state index contributed by atoms with van der Waals surface area (Å²) < 4.78 is 49.8. The van der Waals surface area contributed by atoms with Crippen LogP contribution in [0.2, 0.25) is 5.02 Å². The maximum atomic E-state index is 12.9. The molecule has 164 valence electrons. The monoisotopic (exact) mass is 459 g/mol. The third-order valence-electron chi connectivity index (χ3n) is 4.91. The van der Waals surface area contributed by atoms with Gasteiger partial charge >= 0.3 is 6.18 Å². The summed E-state index contributed by atoms with van der Waals surface area (Å²) in [5.74, 6) is 0.508. The Morgan fingerprint density at radius 3 is 2.59 bits per heavy atom. The average Bonchev–Trinajstić information content (AvgIpc) is 3.06. The molecule has 8 heteroatoms. The molecule has 0 saturated heterocycles. The Balaban J connectivity index is 1.56.